The van der Waals surface area contributed by atoms with Gasteiger partial charge < -0.3 is 14.8 Å². The van der Waals surface area contributed by atoms with Crippen molar-refractivity contribution in [3.05, 3.63) is 88.7 Å². The molecule has 4 aromatic rings. The number of aromatic nitrogens is 2. The molecule has 4 rings (SSSR count). The second-order valence-corrected chi connectivity index (χ2v) is 8.48. The molecule has 180 valence electrons. The summed E-state index contributed by atoms with van der Waals surface area (Å²) in [5.41, 5.74) is 1.60. The first-order valence-electron chi connectivity index (χ1n) is 10.4. The fraction of sp³-hybridized carbons (Fsp3) is 0.160. The summed E-state index contributed by atoms with van der Waals surface area (Å²) in [6.45, 7) is 1.95. The van der Waals surface area contributed by atoms with E-state index in [1.807, 2.05) is 12.1 Å². The smallest absolute Gasteiger partial charge is 0.416 e. The van der Waals surface area contributed by atoms with Crippen molar-refractivity contribution < 1.29 is 27.4 Å². The molecule has 2 aromatic carbocycles. The van der Waals surface area contributed by atoms with E-state index in [-0.39, 0.29) is 12.5 Å². The van der Waals surface area contributed by atoms with Gasteiger partial charge in [0.2, 0.25) is 0 Å². The monoisotopic (exact) mass is 499 g/mol. The summed E-state index contributed by atoms with van der Waals surface area (Å²) in [6.07, 6.45) is -1.05. The van der Waals surface area contributed by atoms with E-state index in [1.165, 1.54) is 19.2 Å². The van der Waals surface area contributed by atoms with Gasteiger partial charge in [0.05, 0.1) is 18.4 Å². The number of halogens is 3. The third-order valence-electron chi connectivity index (χ3n) is 5.00. The van der Waals surface area contributed by atoms with Gasteiger partial charge in [0.25, 0.3) is 5.91 Å². The van der Waals surface area contributed by atoms with E-state index in [1.54, 1.807) is 37.5 Å². The number of benzene rings is 2. The maximum atomic E-state index is 12.9. The Bertz CT molecular complexity index is 1320. The SMILES string of the molecule is COc1ccc(NC(=O)c2sc(-c3ccc(C(F)(F)F)cc3)nc2C)cc1OCc1cccnc1. The summed E-state index contributed by atoms with van der Waals surface area (Å²) in [5.74, 6) is 0.563. The van der Waals surface area contributed by atoms with Gasteiger partial charge in [0, 0.05) is 35.3 Å². The minimum atomic E-state index is -4.42. The van der Waals surface area contributed by atoms with Crippen molar-refractivity contribution in [1.82, 2.24) is 9.97 Å². The molecule has 2 heterocycles. The third-order valence-corrected chi connectivity index (χ3v) is 6.21. The molecule has 0 atom stereocenters. The van der Waals surface area contributed by atoms with Crippen molar-refractivity contribution in [2.75, 3.05) is 12.4 Å². The molecule has 1 N–H and O–H groups in total. The number of nitrogens with zero attached hydrogens (tertiary/aromatic N) is 2. The fourth-order valence-corrected chi connectivity index (χ4v) is 4.20. The van der Waals surface area contributed by atoms with Crippen molar-refractivity contribution in [1.29, 1.82) is 0 Å². The number of hydrogen-bond acceptors (Lipinski definition) is 6. The van der Waals surface area contributed by atoms with E-state index in [2.05, 4.69) is 15.3 Å². The molecule has 2 aromatic heterocycles. The first-order valence-corrected chi connectivity index (χ1v) is 11.2. The number of aryl methyl sites for hydroxylation is 1. The Labute approximate surface area is 203 Å². The highest BCUT2D eigenvalue weighted by atomic mass is 32.1. The van der Waals surface area contributed by atoms with E-state index in [9.17, 15) is 18.0 Å². The molecule has 0 bridgehead atoms. The number of nitrogens with one attached hydrogen (secondary N) is 1. The van der Waals surface area contributed by atoms with Crippen molar-refractivity contribution in [2.24, 2.45) is 0 Å². The maximum Gasteiger partial charge on any atom is 0.416 e. The predicted molar refractivity (Wildman–Crippen MR) is 127 cm³/mol. The number of ether oxygens (including phenoxy) is 2. The molecule has 0 saturated heterocycles. The number of alkyl halides is 3. The average molecular weight is 500 g/mol. The van der Waals surface area contributed by atoms with Crippen molar-refractivity contribution >= 4 is 22.9 Å². The molecule has 10 heteroatoms. The number of methoxy groups -OCH3 is 1. The van der Waals surface area contributed by atoms with Gasteiger partial charge in [-0.1, -0.05) is 18.2 Å². The highest BCUT2D eigenvalue weighted by Gasteiger charge is 2.30. The highest BCUT2D eigenvalue weighted by Crippen LogP contribution is 2.34. The highest BCUT2D eigenvalue weighted by molar-refractivity contribution is 7.17. The molecule has 0 aliphatic rings. The van der Waals surface area contributed by atoms with Crippen molar-refractivity contribution in [2.45, 2.75) is 19.7 Å². The lowest BCUT2D eigenvalue weighted by Crippen LogP contribution is -2.11. The summed E-state index contributed by atoms with van der Waals surface area (Å²) < 4.78 is 49.7. The standard InChI is InChI=1S/C25H20F3N3O3S/c1-15-22(35-24(30-15)17-5-7-18(8-6-17)25(26,27)28)23(32)31-19-9-10-20(33-2)21(12-19)34-14-16-4-3-11-29-13-16/h3-13H,14H2,1-2H3,(H,31,32). The van der Waals surface area contributed by atoms with E-state index in [0.717, 1.165) is 29.0 Å². The molecule has 1 amide bonds. The normalized spacial score (nSPS) is 11.2. The number of hydrogen-bond donors (Lipinski definition) is 1. The lowest BCUT2D eigenvalue weighted by molar-refractivity contribution is -0.137. The summed E-state index contributed by atoms with van der Waals surface area (Å²) in [5, 5.41) is 3.27. The van der Waals surface area contributed by atoms with Gasteiger partial charge in [-0.2, -0.15) is 13.2 Å². The lowest BCUT2D eigenvalue weighted by Gasteiger charge is -2.13. The molecular weight excluding hydrogens is 479 g/mol. The average Bonchev–Trinajstić information content (AvgIpc) is 3.25. The number of pyridine rings is 1. The molecule has 0 fully saturated rings. The van der Waals surface area contributed by atoms with Gasteiger partial charge in [0.1, 0.15) is 16.5 Å². The predicted octanol–water partition coefficient (Wildman–Crippen LogP) is 6.37. The Hall–Kier alpha value is -3.92. The Balaban J connectivity index is 1.50. The summed E-state index contributed by atoms with van der Waals surface area (Å²) in [6, 6.07) is 13.4. The van der Waals surface area contributed by atoms with Crippen LogP contribution in [0.4, 0.5) is 18.9 Å². The lowest BCUT2D eigenvalue weighted by atomic mass is 10.1. The Kier molecular flexibility index (Phi) is 7.02. The summed E-state index contributed by atoms with van der Waals surface area (Å²) in [4.78, 5) is 21.7. The van der Waals surface area contributed by atoms with Crippen LogP contribution in [0.1, 0.15) is 26.5 Å². The zero-order valence-electron chi connectivity index (χ0n) is 18.7. The number of thiazole rings is 1. The van der Waals surface area contributed by atoms with Gasteiger partial charge in [-0.25, -0.2) is 4.98 Å². The van der Waals surface area contributed by atoms with Crippen LogP contribution in [-0.4, -0.2) is 23.0 Å². The second-order valence-electron chi connectivity index (χ2n) is 7.48. The van der Waals surface area contributed by atoms with Gasteiger partial charge >= 0.3 is 6.18 Å². The number of anilines is 1. The molecule has 35 heavy (non-hydrogen) atoms. The summed E-state index contributed by atoms with van der Waals surface area (Å²) in [7, 11) is 1.52. The molecule has 0 unspecified atom stereocenters. The van der Waals surface area contributed by atoms with E-state index >= 15 is 0 Å². The largest absolute Gasteiger partial charge is 0.493 e. The minimum absolute atomic E-state index is 0.270. The zero-order chi connectivity index (χ0) is 25.0. The van der Waals surface area contributed by atoms with E-state index in [0.29, 0.717) is 38.3 Å². The quantitative estimate of drug-likeness (QED) is 0.320. The van der Waals surface area contributed by atoms with E-state index < -0.39 is 11.7 Å². The molecule has 6 nitrogen and oxygen atoms in total. The van der Waals surface area contributed by atoms with Crippen molar-refractivity contribution in [3.8, 4) is 22.1 Å². The van der Waals surface area contributed by atoms with Crippen LogP contribution in [0.25, 0.3) is 10.6 Å². The summed E-state index contributed by atoms with van der Waals surface area (Å²) >= 11 is 1.11. The van der Waals surface area contributed by atoms with Crippen LogP contribution >= 0.6 is 11.3 Å². The number of rotatable bonds is 7. The van der Waals surface area contributed by atoms with Crippen LogP contribution in [-0.2, 0) is 12.8 Å². The molecule has 0 saturated carbocycles. The zero-order valence-corrected chi connectivity index (χ0v) is 19.5. The molecule has 0 spiro atoms. The first kappa shape index (κ1) is 24.2. The van der Waals surface area contributed by atoms with Crippen LogP contribution in [0, 0.1) is 6.92 Å². The first-order chi connectivity index (χ1) is 16.7. The molecule has 0 aliphatic carbocycles. The third kappa shape index (κ3) is 5.78. The van der Waals surface area contributed by atoms with Gasteiger partial charge in [-0.15, -0.1) is 11.3 Å². The van der Waals surface area contributed by atoms with Gasteiger partial charge in [0.15, 0.2) is 11.5 Å². The second kappa shape index (κ2) is 10.1. The topological polar surface area (TPSA) is 73.3 Å². The minimum Gasteiger partial charge on any atom is -0.493 e. The van der Waals surface area contributed by atoms with Crippen LogP contribution < -0.4 is 14.8 Å². The Morgan fingerprint density at radius 3 is 2.51 bits per heavy atom. The van der Waals surface area contributed by atoms with Gasteiger partial charge in [-0.05, 0) is 37.3 Å². The Morgan fingerprint density at radius 2 is 1.86 bits per heavy atom. The van der Waals surface area contributed by atoms with Gasteiger partial charge in [-0.3, -0.25) is 9.78 Å². The van der Waals surface area contributed by atoms with Crippen molar-refractivity contribution in [3.63, 3.8) is 0 Å². The van der Waals surface area contributed by atoms with Crippen LogP contribution in [0.5, 0.6) is 11.5 Å². The Morgan fingerprint density at radius 1 is 1.09 bits per heavy atom. The van der Waals surface area contributed by atoms with Crippen LogP contribution in [0.15, 0.2) is 67.0 Å². The van der Waals surface area contributed by atoms with Crippen LogP contribution in [0.3, 0.4) is 0 Å². The number of amides is 1. The molecule has 0 radical (unpaired) electrons. The molecular formula is C25H20F3N3O3S. The van der Waals surface area contributed by atoms with E-state index in [4.69, 9.17) is 9.47 Å². The van der Waals surface area contributed by atoms with Crippen LogP contribution in [0.2, 0.25) is 0 Å². The maximum absolute atomic E-state index is 12.9. The number of carbonyl (C=O) groups excluding carboxylic acids is 1. The fourth-order valence-electron chi connectivity index (χ4n) is 3.23. The number of carbonyl (C=O) groups is 1. The molecule has 0 aliphatic heterocycles.